The number of nitrogens with zero attached hydrogens (tertiary/aromatic N) is 1. The minimum atomic E-state index is 0.198. The molecule has 0 bridgehead atoms. The molecule has 0 spiro atoms. The number of amides is 1. The van der Waals surface area contributed by atoms with E-state index in [2.05, 4.69) is 37.9 Å². The Balaban J connectivity index is 2.49. The minimum Gasteiger partial charge on any atom is -0.311 e. The summed E-state index contributed by atoms with van der Waals surface area (Å²) in [5, 5.41) is 0. The van der Waals surface area contributed by atoms with Crippen LogP contribution in [0.1, 0.15) is 25.3 Å². The van der Waals surface area contributed by atoms with Crippen LogP contribution in [0.25, 0.3) is 0 Å². The number of hydrogen-bond acceptors (Lipinski definition) is 1. The van der Waals surface area contributed by atoms with Crippen LogP contribution in [-0.2, 0) is 11.2 Å². The number of benzene rings is 1. The van der Waals surface area contributed by atoms with Crippen molar-refractivity contribution in [1.29, 1.82) is 0 Å². The van der Waals surface area contributed by atoms with Crippen molar-refractivity contribution in [3.05, 3.63) is 26.6 Å². The van der Waals surface area contributed by atoms with Crippen molar-refractivity contribution >= 4 is 43.5 Å². The summed E-state index contributed by atoms with van der Waals surface area (Å²) in [6.07, 6.45) is 2.64. The summed E-state index contributed by atoms with van der Waals surface area (Å²) in [5.74, 6) is 0.198. The molecular formula is C12H13Br2NO. The fourth-order valence-electron chi connectivity index (χ4n) is 2.09. The van der Waals surface area contributed by atoms with Crippen LogP contribution in [-0.4, -0.2) is 12.5 Å². The van der Waals surface area contributed by atoms with Gasteiger partial charge in [0.1, 0.15) is 0 Å². The molecular weight excluding hydrogens is 334 g/mol. The molecule has 2 rings (SSSR count). The SMILES string of the molecule is CCC(=O)N1CCCc2cc(Br)cc(Br)c21. The summed E-state index contributed by atoms with van der Waals surface area (Å²) in [7, 11) is 0. The molecule has 0 saturated heterocycles. The summed E-state index contributed by atoms with van der Waals surface area (Å²) in [4.78, 5) is 13.8. The molecule has 0 aliphatic carbocycles. The quantitative estimate of drug-likeness (QED) is 0.755. The van der Waals surface area contributed by atoms with E-state index < -0.39 is 0 Å². The molecule has 0 N–H and O–H groups in total. The van der Waals surface area contributed by atoms with Crippen LogP contribution in [0, 0.1) is 0 Å². The van der Waals surface area contributed by atoms with Gasteiger partial charge >= 0.3 is 0 Å². The molecule has 1 amide bonds. The fourth-order valence-corrected chi connectivity index (χ4v) is 3.62. The predicted octanol–water partition coefficient (Wildman–Crippen LogP) is 3.90. The van der Waals surface area contributed by atoms with Gasteiger partial charge in [-0.2, -0.15) is 0 Å². The Morgan fingerprint density at radius 2 is 2.19 bits per heavy atom. The Morgan fingerprint density at radius 1 is 1.44 bits per heavy atom. The molecule has 4 heteroatoms. The second kappa shape index (κ2) is 4.88. The first-order valence-corrected chi connectivity index (χ1v) is 7.00. The van der Waals surface area contributed by atoms with E-state index in [0.29, 0.717) is 6.42 Å². The molecule has 0 unspecified atom stereocenters. The number of rotatable bonds is 1. The van der Waals surface area contributed by atoms with E-state index in [1.807, 2.05) is 17.9 Å². The van der Waals surface area contributed by atoms with Gasteiger partial charge in [0.05, 0.1) is 5.69 Å². The topological polar surface area (TPSA) is 20.3 Å². The third-order valence-corrected chi connectivity index (χ3v) is 3.87. The van der Waals surface area contributed by atoms with Gasteiger partial charge in [0.15, 0.2) is 0 Å². The Kier molecular flexibility index (Phi) is 3.70. The van der Waals surface area contributed by atoms with Crippen LogP contribution in [0.4, 0.5) is 5.69 Å². The van der Waals surface area contributed by atoms with E-state index in [1.54, 1.807) is 0 Å². The normalized spacial score (nSPS) is 14.8. The molecule has 1 aromatic carbocycles. The molecule has 86 valence electrons. The summed E-state index contributed by atoms with van der Waals surface area (Å²) < 4.78 is 2.06. The molecule has 0 fully saturated rings. The molecule has 16 heavy (non-hydrogen) atoms. The zero-order chi connectivity index (χ0) is 11.7. The first kappa shape index (κ1) is 12.1. The van der Waals surface area contributed by atoms with Gasteiger partial charge in [0.2, 0.25) is 5.91 Å². The average Bonchev–Trinajstić information content (AvgIpc) is 2.26. The predicted molar refractivity (Wildman–Crippen MR) is 72.8 cm³/mol. The number of halogens is 2. The van der Waals surface area contributed by atoms with E-state index in [-0.39, 0.29) is 5.91 Å². The lowest BCUT2D eigenvalue weighted by atomic mass is 10.0. The van der Waals surface area contributed by atoms with E-state index in [4.69, 9.17) is 0 Å². The number of fused-ring (bicyclic) bond motifs is 1. The standard InChI is InChI=1S/C12H13Br2NO/c1-2-11(16)15-5-3-4-8-6-9(13)7-10(14)12(8)15/h6-7H,2-5H2,1H3. The van der Waals surface area contributed by atoms with E-state index in [0.717, 1.165) is 34.0 Å². The molecule has 1 aliphatic heterocycles. The first-order valence-electron chi connectivity index (χ1n) is 5.41. The van der Waals surface area contributed by atoms with Gasteiger partial charge in [0.25, 0.3) is 0 Å². The van der Waals surface area contributed by atoms with Crippen molar-refractivity contribution in [2.75, 3.05) is 11.4 Å². The number of aryl methyl sites for hydroxylation is 1. The Bertz CT molecular complexity index is 431. The monoisotopic (exact) mass is 345 g/mol. The smallest absolute Gasteiger partial charge is 0.226 e. The van der Waals surface area contributed by atoms with Gasteiger partial charge in [-0.05, 0) is 46.5 Å². The maximum absolute atomic E-state index is 11.9. The highest BCUT2D eigenvalue weighted by Gasteiger charge is 2.23. The van der Waals surface area contributed by atoms with Crippen LogP contribution < -0.4 is 4.90 Å². The molecule has 0 saturated carbocycles. The van der Waals surface area contributed by atoms with Crippen LogP contribution in [0.5, 0.6) is 0 Å². The second-order valence-corrected chi connectivity index (χ2v) is 5.67. The third-order valence-electron chi connectivity index (χ3n) is 2.81. The highest BCUT2D eigenvalue weighted by Crippen LogP contribution is 2.37. The van der Waals surface area contributed by atoms with Crippen molar-refractivity contribution < 1.29 is 4.79 Å². The van der Waals surface area contributed by atoms with Gasteiger partial charge in [-0.25, -0.2) is 0 Å². The zero-order valence-electron chi connectivity index (χ0n) is 9.09. The maximum Gasteiger partial charge on any atom is 0.226 e. The van der Waals surface area contributed by atoms with Gasteiger partial charge in [-0.15, -0.1) is 0 Å². The lowest BCUT2D eigenvalue weighted by molar-refractivity contribution is -0.118. The molecule has 1 heterocycles. The van der Waals surface area contributed by atoms with Crippen molar-refractivity contribution in [1.82, 2.24) is 0 Å². The lowest BCUT2D eigenvalue weighted by Gasteiger charge is -2.30. The van der Waals surface area contributed by atoms with Gasteiger partial charge in [-0.3, -0.25) is 4.79 Å². The summed E-state index contributed by atoms with van der Waals surface area (Å²) >= 11 is 7.03. The molecule has 0 radical (unpaired) electrons. The number of carbonyl (C=O) groups excluding carboxylic acids is 1. The number of anilines is 1. The van der Waals surface area contributed by atoms with Gasteiger partial charge < -0.3 is 4.90 Å². The third kappa shape index (κ3) is 2.18. The molecule has 0 aromatic heterocycles. The summed E-state index contributed by atoms with van der Waals surface area (Å²) in [6, 6.07) is 4.11. The van der Waals surface area contributed by atoms with Gasteiger partial charge in [0, 0.05) is 21.9 Å². The van der Waals surface area contributed by atoms with Gasteiger partial charge in [-0.1, -0.05) is 22.9 Å². The molecule has 1 aliphatic rings. The number of carbonyl (C=O) groups is 1. The fraction of sp³-hybridized carbons (Fsp3) is 0.417. The first-order chi connectivity index (χ1) is 7.63. The summed E-state index contributed by atoms with van der Waals surface area (Å²) in [6.45, 7) is 2.74. The average molecular weight is 347 g/mol. The second-order valence-electron chi connectivity index (χ2n) is 3.90. The van der Waals surface area contributed by atoms with Crippen LogP contribution >= 0.6 is 31.9 Å². The van der Waals surface area contributed by atoms with Crippen LogP contribution in [0.3, 0.4) is 0 Å². The zero-order valence-corrected chi connectivity index (χ0v) is 12.3. The van der Waals surface area contributed by atoms with E-state index >= 15 is 0 Å². The molecule has 2 nitrogen and oxygen atoms in total. The van der Waals surface area contributed by atoms with E-state index in [1.165, 1.54) is 5.56 Å². The van der Waals surface area contributed by atoms with E-state index in [9.17, 15) is 4.79 Å². The van der Waals surface area contributed by atoms with Crippen molar-refractivity contribution in [2.24, 2.45) is 0 Å². The Morgan fingerprint density at radius 3 is 2.88 bits per heavy atom. The molecule has 0 atom stereocenters. The molecule has 1 aromatic rings. The maximum atomic E-state index is 11.9. The van der Waals surface area contributed by atoms with Crippen molar-refractivity contribution in [3.8, 4) is 0 Å². The van der Waals surface area contributed by atoms with Crippen LogP contribution in [0.2, 0.25) is 0 Å². The van der Waals surface area contributed by atoms with Crippen molar-refractivity contribution in [3.63, 3.8) is 0 Å². The highest BCUT2D eigenvalue weighted by molar-refractivity contribution is 9.11. The Labute approximate surface area is 112 Å². The highest BCUT2D eigenvalue weighted by atomic mass is 79.9. The summed E-state index contributed by atoms with van der Waals surface area (Å²) in [5.41, 5.74) is 2.30. The minimum absolute atomic E-state index is 0.198. The Hall–Kier alpha value is -0.350. The number of hydrogen-bond donors (Lipinski definition) is 0. The lowest BCUT2D eigenvalue weighted by Crippen LogP contribution is -2.35. The largest absolute Gasteiger partial charge is 0.311 e. The van der Waals surface area contributed by atoms with Crippen LogP contribution in [0.15, 0.2) is 21.1 Å². The van der Waals surface area contributed by atoms with Crippen molar-refractivity contribution in [2.45, 2.75) is 26.2 Å².